The summed E-state index contributed by atoms with van der Waals surface area (Å²) in [5.41, 5.74) is 11.4. The Bertz CT molecular complexity index is 970. The third-order valence-corrected chi connectivity index (χ3v) is 5.43. The Morgan fingerprint density at radius 2 is 1.70 bits per heavy atom. The summed E-state index contributed by atoms with van der Waals surface area (Å²) in [5.74, 6) is -0.0974. The summed E-state index contributed by atoms with van der Waals surface area (Å²) < 4.78 is 27.0. The van der Waals surface area contributed by atoms with Gasteiger partial charge in [0, 0.05) is 0 Å². The third-order valence-electron chi connectivity index (χ3n) is 3.15. The van der Waals surface area contributed by atoms with E-state index in [9.17, 15) is 8.42 Å². The van der Waals surface area contributed by atoms with Crippen molar-refractivity contribution in [2.75, 3.05) is 11.5 Å². The van der Waals surface area contributed by atoms with Crippen molar-refractivity contribution in [3.05, 3.63) is 53.6 Å². The molecule has 0 aliphatic rings. The minimum Gasteiger partial charge on any atom is -0.368 e. The molecule has 0 spiro atoms. The average molecular weight is 350 g/mol. The summed E-state index contributed by atoms with van der Waals surface area (Å²) in [6.45, 7) is 0. The molecule has 0 aliphatic carbocycles. The second-order valence-electron chi connectivity index (χ2n) is 4.64. The summed E-state index contributed by atoms with van der Waals surface area (Å²) in [6.07, 6.45) is 0. The molecule has 1 aromatic heterocycles. The van der Waals surface area contributed by atoms with Crippen LogP contribution in [0.15, 0.2) is 58.3 Å². The second-order valence-corrected chi connectivity index (χ2v) is 6.94. The van der Waals surface area contributed by atoms with Gasteiger partial charge < -0.3 is 11.5 Å². The first-order valence-electron chi connectivity index (χ1n) is 6.48. The Kier molecular flexibility index (Phi) is 3.70. The predicted molar refractivity (Wildman–Crippen MR) is 87.1 cm³/mol. The molecule has 3 aromatic rings. The van der Waals surface area contributed by atoms with Crippen LogP contribution in [0.5, 0.6) is 0 Å². The highest BCUT2D eigenvalue weighted by Gasteiger charge is 2.26. The molecule has 0 fully saturated rings. The van der Waals surface area contributed by atoms with Crippen LogP contribution in [-0.4, -0.2) is 23.2 Å². The van der Waals surface area contributed by atoms with Gasteiger partial charge in [0.1, 0.15) is 4.90 Å². The fraction of sp³-hybridized carbons (Fsp3) is 0. The molecule has 3 rings (SSSR count). The van der Waals surface area contributed by atoms with Gasteiger partial charge in [0.05, 0.1) is 15.6 Å². The average Bonchev–Trinajstić information content (AvgIpc) is 2.86. The highest BCUT2D eigenvalue weighted by molar-refractivity contribution is 7.91. The zero-order valence-electron chi connectivity index (χ0n) is 11.7. The van der Waals surface area contributed by atoms with E-state index in [1.165, 1.54) is 24.3 Å². The molecule has 0 saturated heterocycles. The van der Waals surface area contributed by atoms with Crippen molar-refractivity contribution >= 4 is 33.3 Å². The molecule has 0 atom stereocenters. The van der Waals surface area contributed by atoms with Gasteiger partial charge in [-0.2, -0.15) is 9.67 Å². The number of anilines is 2. The summed E-state index contributed by atoms with van der Waals surface area (Å²) in [6, 6.07) is 12.6. The summed E-state index contributed by atoms with van der Waals surface area (Å²) in [7, 11) is -3.87. The molecule has 118 valence electrons. The lowest BCUT2D eigenvalue weighted by Gasteiger charge is -2.12. The maximum atomic E-state index is 12.9. The van der Waals surface area contributed by atoms with Crippen molar-refractivity contribution in [3.63, 3.8) is 0 Å². The number of nitrogen functional groups attached to an aromatic ring is 2. The van der Waals surface area contributed by atoms with Crippen molar-refractivity contribution in [3.8, 4) is 5.69 Å². The van der Waals surface area contributed by atoms with E-state index in [1.807, 2.05) is 0 Å². The summed E-state index contributed by atoms with van der Waals surface area (Å²) in [4.78, 5) is 3.79. The second kappa shape index (κ2) is 5.56. The van der Waals surface area contributed by atoms with E-state index in [0.29, 0.717) is 0 Å². The van der Waals surface area contributed by atoms with E-state index in [0.717, 1.165) is 4.68 Å². The van der Waals surface area contributed by atoms with Crippen LogP contribution in [-0.2, 0) is 9.84 Å². The van der Waals surface area contributed by atoms with Crippen LogP contribution in [0.1, 0.15) is 0 Å². The fourth-order valence-corrected chi connectivity index (χ4v) is 4.15. The molecule has 0 amide bonds. The smallest absolute Gasteiger partial charge is 0.241 e. The van der Waals surface area contributed by atoms with Gasteiger partial charge in [0.25, 0.3) is 0 Å². The van der Waals surface area contributed by atoms with Gasteiger partial charge >= 0.3 is 0 Å². The van der Waals surface area contributed by atoms with Crippen LogP contribution in [0, 0.1) is 0 Å². The molecule has 0 radical (unpaired) electrons. The third kappa shape index (κ3) is 2.62. The quantitative estimate of drug-likeness (QED) is 0.746. The van der Waals surface area contributed by atoms with Crippen LogP contribution in [0.2, 0.25) is 5.02 Å². The van der Waals surface area contributed by atoms with Crippen molar-refractivity contribution in [2.24, 2.45) is 0 Å². The minimum absolute atomic E-state index is 0.0331. The molecule has 0 saturated carbocycles. The van der Waals surface area contributed by atoms with Crippen molar-refractivity contribution in [1.82, 2.24) is 14.8 Å². The number of rotatable bonds is 3. The van der Waals surface area contributed by atoms with Gasteiger partial charge in [-0.25, -0.2) is 8.42 Å². The highest BCUT2D eigenvalue weighted by atomic mass is 35.5. The van der Waals surface area contributed by atoms with Crippen LogP contribution < -0.4 is 11.5 Å². The van der Waals surface area contributed by atoms with Gasteiger partial charge in [-0.1, -0.05) is 35.9 Å². The molecule has 0 unspecified atom stereocenters. The molecule has 2 aromatic carbocycles. The zero-order valence-corrected chi connectivity index (χ0v) is 13.3. The molecule has 23 heavy (non-hydrogen) atoms. The lowest BCUT2D eigenvalue weighted by Crippen LogP contribution is -2.11. The molecular weight excluding hydrogens is 338 g/mol. The lowest BCUT2D eigenvalue weighted by atomic mass is 10.3. The molecule has 0 aliphatic heterocycles. The monoisotopic (exact) mass is 349 g/mol. The largest absolute Gasteiger partial charge is 0.368 e. The van der Waals surface area contributed by atoms with Crippen LogP contribution in [0.4, 0.5) is 11.9 Å². The standard InChI is InChI=1S/C14H12ClN5O2S/c15-10-7-4-8-11(20-14(17)18-13(16)19-20)12(10)23(21,22)9-5-2-1-3-6-9/h1-8H,(H4,16,17,18,19). The first-order valence-corrected chi connectivity index (χ1v) is 8.34. The van der Waals surface area contributed by atoms with Crippen molar-refractivity contribution in [1.29, 1.82) is 0 Å². The van der Waals surface area contributed by atoms with E-state index in [1.54, 1.807) is 24.3 Å². The maximum Gasteiger partial charge on any atom is 0.241 e. The van der Waals surface area contributed by atoms with Gasteiger partial charge in [-0.3, -0.25) is 0 Å². The van der Waals surface area contributed by atoms with Gasteiger partial charge in [-0.05, 0) is 24.3 Å². The molecule has 1 heterocycles. The predicted octanol–water partition coefficient (Wildman–Crippen LogP) is 1.92. The van der Waals surface area contributed by atoms with E-state index >= 15 is 0 Å². The summed E-state index contributed by atoms with van der Waals surface area (Å²) >= 11 is 6.16. The zero-order chi connectivity index (χ0) is 16.6. The molecular formula is C14H12ClN5O2S. The molecule has 0 bridgehead atoms. The maximum absolute atomic E-state index is 12.9. The van der Waals surface area contributed by atoms with Crippen molar-refractivity contribution < 1.29 is 8.42 Å². The van der Waals surface area contributed by atoms with Crippen LogP contribution in [0.3, 0.4) is 0 Å². The molecule has 9 heteroatoms. The Labute approximate surface area is 137 Å². The highest BCUT2D eigenvalue weighted by Crippen LogP contribution is 2.33. The van der Waals surface area contributed by atoms with Crippen molar-refractivity contribution in [2.45, 2.75) is 9.79 Å². The number of sulfone groups is 1. The van der Waals surface area contributed by atoms with E-state index in [4.69, 9.17) is 23.1 Å². The number of nitrogens with two attached hydrogens (primary N) is 2. The van der Waals surface area contributed by atoms with E-state index < -0.39 is 9.84 Å². The number of hydrogen-bond acceptors (Lipinski definition) is 6. The number of benzene rings is 2. The normalized spacial score (nSPS) is 11.5. The summed E-state index contributed by atoms with van der Waals surface area (Å²) in [5, 5.41) is 3.98. The molecule has 4 N–H and O–H groups in total. The number of halogens is 1. The first kappa shape index (κ1) is 15.3. The Balaban J connectivity index is 2.31. The Hall–Kier alpha value is -2.58. The van der Waals surface area contributed by atoms with E-state index in [-0.39, 0.29) is 32.4 Å². The topological polar surface area (TPSA) is 117 Å². The van der Waals surface area contributed by atoms with Gasteiger partial charge in [-0.15, -0.1) is 5.10 Å². The minimum atomic E-state index is -3.87. The van der Waals surface area contributed by atoms with E-state index in [2.05, 4.69) is 10.1 Å². The van der Waals surface area contributed by atoms with Crippen LogP contribution in [0.25, 0.3) is 5.69 Å². The van der Waals surface area contributed by atoms with Crippen LogP contribution >= 0.6 is 11.6 Å². The Morgan fingerprint density at radius 3 is 2.30 bits per heavy atom. The molecule has 7 nitrogen and oxygen atoms in total. The Morgan fingerprint density at radius 1 is 1.00 bits per heavy atom. The first-order chi connectivity index (χ1) is 10.9. The van der Waals surface area contributed by atoms with Gasteiger partial charge in [0.2, 0.25) is 21.7 Å². The lowest BCUT2D eigenvalue weighted by molar-refractivity contribution is 0.595. The fourth-order valence-electron chi connectivity index (χ4n) is 2.17. The number of hydrogen-bond donors (Lipinski definition) is 2. The van der Waals surface area contributed by atoms with Gasteiger partial charge in [0.15, 0.2) is 0 Å². The SMILES string of the molecule is Nc1nc(N)n(-c2cccc(Cl)c2S(=O)(=O)c2ccccc2)n1. The number of aromatic nitrogens is 3. The number of nitrogens with zero attached hydrogens (tertiary/aromatic N) is 3.